The van der Waals surface area contributed by atoms with E-state index in [1.807, 2.05) is 35.2 Å². The molecule has 2 aliphatic rings. The van der Waals surface area contributed by atoms with Crippen LogP contribution in [0, 0.1) is 0 Å². The van der Waals surface area contributed by atoms with E-state index >= 15 is 0 Å². The molecule has 0 saturated carbocycles. The molecule has 7 heteroatoms. The first-order valence-corrected chi connectivity index (χ1v) is 8.33. The Hall–Kier alpha value is -1.76. The van der Waals surface area contributed by atoms with Crippen LogP contribution in [-0.2, 0) is 4.79 Å². The lowest BCUT2D eigenvalue weighted by molar-refractivity contribution is -0.159. The lowest BCUT2D eigenvalue weighted by atomic mass is 10.0. The molecule has 24 heavy (non-hydrogen) atoms. The lowest BCUT2D eigenvalue weighted by Gasteiger charge is -2.35. The van der Waals surface area contributed by atoms with Crippen LogP contribution in [0.3, 0.4) is 0 Å². The van der Waals surface area contributed by atoms with Gasteiger partial charge in [-0.3, -0.25) is 9.69 Å². The van der Waals surface area contributed by atoms with E-state index in [1.165, 1.54) is 0 Å². The number of hydrogen-bond acceptors (Lipinski definition) is 3. The van der Waals surface area contributed by atoms with Crippen LogP contribution in [0.25, 0.3) is 0 Å². The average Bonchev–Trinajstić information content (AvgIpc) is 2.88. The Morgan fingerprint density at radius 1 is 1.04 bits per heavy atom. The van der Waals surface area contributed by atoms with Crippen LogP contribution in [0.1, 0.15) is 19.3 Å². The van der Waals surface area contributed by atoms with Gasteiger partial charge in [0.25, 0.3) is 0 Å². The average molecular weight is 341 g/mol. The van der Waals surface area contributed by atoms with E-state index in [-0.39, 0.29) is 18.5 Å². The number of piperidine rings is 1. The maximum absolute atomic E-state index is 12.5. The second kappa shape index (κ2) is 7.01. The Bertz CT molecular complexity index is 556. The van der Waals surface area contributed by atoms with Gasteiger partial charge in [0.15, 0.2) is 0 Å². The summed E-state index contributed by atoms with van der Waals surface area (Å²) in [5.41, 5.74) is 1.07. The molecular formula is C17H22F3N3O. The number of anilines is 1. The maximum atomic E-state index is 12.5. The topological polar surface area (TPSA) is 35.6 Å². The first-order chi connectivity index (χ1) is 11.4. The van der Waals surface area contributed by atoms with Crippen molar-refractivity contribution in [2.75, 3.05) is 31.5 Å². The number of para-hydroxylation sites is 1. The molecular weight excluding hydrogens is 319 g/mol. The summed E-state index contributed by atoms with van der Waals surface area (Å²) in [6.07, 6.45) is -2.06. The molecule has 0 aromatic heterocycles. The normalized spacial score (nSPS) is 23.7. The fourth-order valence-corrected chi connectivity index (χ4v) is 3.56. The van der Waals surface area contributed by atoms with Crippen LogP contribution in [0.4, 0.5) is 18.9 Å². The van der Waals surface area contributed by atoms with E-state index in [2.05, 4.69) is 5.32 Å². The number of likely N-dealkylation sites (tertiary alicyclic amines) is 2. The van der Waals surface area contributed by atoms with Gasteiger partial charge in [0.05, 0.1) is 6.04 Å². The molecule has 1 atom stereocenters. The molecule has 1 aromatic carbocycles. The highest BCUT2D eigenvalue weighted by molar-refractivity contribution is 5.84. The minimum Gasteiger partial charge on any atom is -0.382 e. The Morgan fingerprint density at radius 3 is 2.33 bits per heavy atom. The fourth-order valence-electron chi connectivity index (χ4n) is 3.56. The number of hydrogen-bond donors (Lipinski definition) is 1. The molecule has 2 fully saturated rings. The predicted octanol–water partition coefficient (Wildman–Crippen LogP) is 2.73. The molecule has 2 saturated heterocycles. The Kier molecular flexibility index (Phi) is 4.99. The number of amides is 1. The zero-order valence-corrected chi connectivity index (χ0v) is 13.4. The van der Waals surface area contributed by atoms with Gasteiger partial charge in [-0.25, -0.2) is 0 Å². The summed E-state index contributed by atoms with van der Waals surface area (Å²) in [6, 6.07) is 9.90. The number of carbonyl (C=O) groups excluding carboxylic acids is 1. The van der Waals surface area contributed by atoms with Gasteiger partial charge >= 0.3 is 6.18 Å². The van der Waals surface area contributed by atoms with Gasteiger partial charge in [0.1, 0.15) is 6.54 Å². The summed E-state index contributed by atoms with van der Waals surface area (Å²) in [5, 5.41) is 3.47. The van der Waals surface area contributed by atoms with Gasteiger partial charge in [-0.1, -0.05) is 18.2 Å². The standard InChI is InChI=1S/C17H22F3N3O/c18-17(19,20)12-23-11-8-15(16(23)24)22-9-6-14(7-10-22)21-13-4-2-1-3-5-13/h1-5,14-15,21H,6-12H2. The SMILES string of the molecule is O=C1C(N2CCC(Nc3ccccc3)CC2)CCN1CC(F)(F)F. The molecule has 0 radical (unpaired) electrons. The minimum atomic E-state index is -4.32. The van der Waals surface area contributed by atoms with Crippen molar-refractivity contribution < 1.29 is 18.0 Å². The van der Waals surface area contributed by atoms with Gasteiger partial charge in [-0.2, -0.15) is 13.2 Å². The highest BCUT2D eigenvalue weighted by Gasteiger charge is 2.42. The predicted molar refractivity (Wildman–Crippen MR) is 85.7 cm³/mol. The van der Waals surface area contributed by atoms with Gasteiger partial charge in [-0.15, -0.1) is 0 Å². The quantitative estimate of drug-likeness (QED) is 0.915. The summed E-state index contributed by atoms with van der Waals surface area (Å²) in [5.74, 6) is -0.373. The molecule has 132 valence electrons. The van der Waals surface area contributed by atoms with Crippen molar-refractivity contribution in [3.63, 3.8) is 0 Å². The monoisotopic (exact) mass is 341 g/mol. The molecule has 2 heterocycles. The van der Waals surface area contributed by atoms with Crippen LogP contribution in [0.2, 0.25) is 0 Å². The number of nitrogens with one attached hydrogen (secondary N) is 1. The molecule has 4 nitrogen and oxygen atoms in total. The summed E-state index contributed by atoms with van der Waals surface area (Å²) >= 11 is 0. The zero-order chi connectivity index (χ0) is 17.2. The second-order valence-electron chi connectivity index (χ2n) is 6.50. The molecule has 1 aromatic rings. The van der Waals surface area contributed by atoms with Crippen molar-refractivity contribution in [2.45, 2.75) is 37.5 Å². The second-order valence-corrected chi connectivity index (χ2v) is 6.50. The van der Waals surface area contributed by atoms with Crippen molar-refractivity contribution in [1.82, 2.24) is 9.80 Å². The molecule has 0 spiro atoms. The van der Waals surface area contributed by atoms with Crippen LogP contribution in [0.5, 0.6) is 0 Å². The van der Waals surface area contributed by atoms with E-state index in [0.29, 0.717) is 12.5 Å². The maximum Gasteiger partial charge on any atom is 0.406 e. The Morgan fingerprint density at radius 2 is 1.71 bits per heavy atom. The first-order valence-electron chi connectivity index (χ1n) is 8.33. The third-order valence-electron chi connectivity index (χ3n) is 4.75. The Balaban J connectivity index is 1.49. The third-order valence-corrected chi connectivity index (χ3v) is 4.75. The number of halogens is 3. The summed E-state index contributed by atoms with van der Waals surface area (Å²) in [4.78, 5) is 15.2. The Labute approximate surface area is 139 Å². The first kappa shape index (κ1) is 17.1. The number of rotatable bonds is 4. The van der Waals surface area contributed by atoms with Gasteiger partial charge < -0.3 is 10.2 Å². The van der Waals surface area contributed by atoms with Crippen LogP contribution in [0.15, 0.2) is 30.3 Å². The lowest BCUT2D eigenvalue weighted by Crippen LogP contribution is -2.48. The minimum absolute atomic E-state index is 0.200. The molecule has 0 aliphatic carbocycles. The molecule has 1 unspecified atom stereocenters. The van der Waals surface area contributed by atoms with Gasteiger partial charge in [-0.05, 0) is 31.4 Å². The van der Waals surface area contributed by atoms with Crippen molar-refractivity contribution in [3.8, 4) is 0 Å². The fraction of sp³-hybridized carbons (Fsp3) is 0.588. The summed E-state index contributed by atoms with van der Waals surface area (Å²) < 4.78 is 37.5. The van der Waals surface area contributed by atoms with Crippen LogP contribution >= 0.6 is 0 Å². The van der Waals surface area contributed by atoms with Gasteiger partial charge in [0, 0.05) is 31.4 Å². The summed E-state index contributed by atoms with van der Waals surface area (Å²) in [6.45, 7) is 0.543. The zero-order valence-electron chi connectivity index (χ0n) is 13.4. The highest BCUT2D eigenvalue weighted by Crippen LogP contribution is 2.26. The largest absolute Gasteiger partial charge is 0.406 e. The number of alkyl halides is 3. The van der Waals surface area contributed by atoms with E-state index in [1.54, 1.807) is 0 Å². The highest BCUT2D eigenvalue weighted by atomic mass is 19.4. The van der Waals surface area contributed by atoms with Crippen LogP contribution < -0.4 is 5.32 Å². The van der Waals surface area contributed by atoms with Crippen LogP contribution in [-0.4, -0.2) is 60.1 Å². The van der Waals surface area contributed by atoms with E-state index < -0.39 is 12.7 Å². The van der Waals surface area contributed by atoms with E-state index in [0.717, 1.165) is 36.5 Å². The molecule has 0 bridgehead atoms. The molecule has 1 N–H and O–H groups in total. The number of nitrogens with zero attached hydrogens (tertiary/aromatic N) is 2. The number of benzene rings is 1. The number of carbonyl (C=O) groups is 1. The van der Waals surface area contributed by atoms with E-state index in [9.17, 15) is 18.0 Å². The molecule has 2 aliphatic heterocycles. The smallest absolute Gasteiger partial charge is 0.382 e. The summed E-state index contributed by atoms with van der Waals surface area (Å²) in [7, 11) is 0. The van der Waals surface area contributed by atoms with Crippen molar-refractivity contribution in [2.24, 2.45) is 0 Å². The van der Waals surface area contributed by atoms with Crippen molar-refractivity contribution >= 4 is 11.6 Å². The van der Waals surface area contributed by atoms with Gasteiger partial charge in [0.2, 0.25) is 5.91 Å². The third kappa shape index (κ3) is 4.20. The van der Waals surface area contributed by atoms with Crippen molar-refractivity contribution in [1.29, 1.82) is 0 Å². The molecule has 1 amide bonds. The van der Waals surface area contributed by atoms with Crippen molar-refractivity contribution in [3.05, 3.63) is 30.3 Å². The molecule has 3 rings (SSSR count). The van der Waals surface area contributed by atoms with E-state index in [4.69, 9.17) is 0 Å².